The molecule has 0 bridgehead atoms. The molecule has 1 aromatic rings. The van der Waals surface area contributed by atoms with E-state index in [4.69, 9.17) is 11.6 Å². The summed E-state index contributed by atoms with van der Waals surface area (Å²) >= 11 is 5.12. The maximum atomic E-state index is 12.4. The van der Waals surface area contributed by atoms with Crippen LogP contribution in [0.3, 0.4) is 0 Å². The highest BCUT2D eigenvalue weighted by Crippen LogP contribution is 2.40. The average molecular weight is 277 g/mol. The van der Waals surface area contributed by atoms with E-state index in [-0.39, 0.29) is 0 Å². The first-order valence-corrected chi connectivity index (χ1v) is 4.22. The zero-order chi connectivity index (χ0) is 13.4. The minimum Gasteiger partial charge on any atom is -0.258 e. The van der Waals surface area contributed by atoms with Crippen molar-refractivity contribution in [2.24, 2.45) is 0 Å². The fraction of sp³-hybridized carbons (Fsp3) is 0.286. The molecule has 0 aliphatic heterocycles. The summed E-state index contributed by atoms with van der Waals surface area (Å²) in [6.45, 7) is 0. The van der Waals surface area contributed by atoms with E-state index in [0.717, 1.165) is 0 Å². The van der Waals surface area contributed by atoms with Crippen LogP contribution in [-0.4, -0.2) is 9.91 Å². The zero-order valence-electron chi connectivity index (χ0n) is 7.63. The molecule has 1 aromatic heterocycles. The van der Waals surface area contributed by atoms with E-state index in [2.05, 4.69) is 4.98 Å². The molecule has 0 saturated heterocycles. The Morgan fingerprint density at radius 1 is 1.41 bits per heavy atom. The second-order valence-electron chi connectivity index (χ2n) is 2.78. The maximum absolute atomic E-state index is 12.4. The highest BCUT2D eigenvalue weighted by atomic mass is 35.5. The van der Waals surface area contributed by atoms with Gasteiger partial charge < -0.3 is 0 Å². The van der Waals surface area contributed by atoms with Crippen LogP contribution in [0.25, 0.3) is 0 Å². The third kappa shape index (κ3) is 2.78. The van der Waals surface area contributed by atoms with Crippen molar-refractivity contribution in [2.45, 2.75) is 12.6 Å². The van der Waals surface area contributed by atoms with E-state index in [1.807, 2.05) is 0 Å². The molecule has 0 N–H and O–H groups in total. The van der Waals surface area contributed by atoms with Gasteiger partial charge in [0.05, 0.1) is 11.0 Å². The topological polar surface area (TPSA) is 56.0 Å². The first kappa shape index (κ1) is 13.6. The van der Waals surface area contributed by atoms with Gasteiger partial charge in [-0.05, 0) is 0 Å². The van der Waals surface area contributed by atoms with Gasteiger partial charge in [0.15, 0.2) is 5.69 Å². The van der Waals surface area contributed by atoms with Gasteiger partial charge in [0, 0.05) is 0 Å². The van der Waals surface area contributed by atoms with E-state index < -0.39 is 39.6 Å². The Hall–Kier alpha value is -1.51. The number of nitrogens with zero attached hydrogens (tertiary/aromatic N) is 2. The van der Waals surface area contributed by atoms with Crippen LogP contribution in [0.1, 0.15) is 17.7 Å². The number of pyridine rings is 1. The normalized spacial score (nSPS) is 11.9. The van der Waals surface area contributed by atoms with Crippen LogP contribution < -0.4 is 0 Å². The summed E-state index contributed by atoms with van der Waals surface area (Å²) in [6, 6.07) is 0.346. The predicted molar refractivity (Wildman–Crippen MR) is 45.9 cm³/mol. The van der Waals surface area contributed by atoms with Crippen LogP contribution in [0, 0.1) is 10.1 Å². The highest BCUT2D eigenvalue weighted by molar-refractivity contribution is 6.29. The highest BCUT2D eigenvalue weighted by Gasteiger charge is 2.42. The summed E-state index contributed by atoms with van der Waals surface area (Å²) in [5.74, 6) is 0. The third-order valence-corrected chi connectivity index (χ3v) is 1.88. The van der Waals surface area contributed by atoms with Gasteiger partial charge in [-0.3, -0.25) is 10.1 Å². The fourth-order valence-electron chi connectivity index (χ4n) is 1.09. The Morgan fingerprint density at radius 3 is 2.29 bits per heavy atom. The lowest BCUT2D eigenvalue weighted by Crippen LogP contribution is -2.14. The van der Waals surface area contributed by atoms with Crippen molar-refractivity contribution in [3.63, 3.8) is 0 Å². The SMILES string of the molecule is O=[N+]([O-])c1cc(Cl)nc(C(F)(F)F)c1C(F)F. The van der Waals surface area contributed by atoms with Crippen LogP contribution in [0.5, 0.6) is 0 Å². The molecule has 0 aromatic carbocycles. The monoisotopic (exact) mass is 276 g/mol. The molecule has 0 atom stereocenters. The van der Waals surface area contributed by atoms with Crippen LogP contribution in [0.2, 0.25) is 5.15 Å². The molecule has 94 valence electrons. The van der Waals surface area contributed by atoms with Crippen molar-refractivity contribution in [2.75, 3.05) is 0 Å². The molecule has 0 saturated carbocycles. The number of nitro groups is 1. The number of rotatable bonds is 2. The Balaban J connectivity index is 3.64. The number of hydrogen-bond acceptors (Lipinski definition) is 3. The molecule has 0 spiro atoms. The first-order valence-electron chi connectivity index (χ1n) is 3.84. The van der Waals surface area contributed by atoms with E-state index in [1.54, 1.807) is 0 Å². The molecular formula is C7H2ClF5N2O2. The van der Waals surface area contributed by atoms with Gasteiger partial charge in [-0.25, -0.2) is 13.8 Å². The van der Waals surface area contributed by atoms with Crippen LogP contribution >= 0.6 is 11.6 Å². The zero-order valence-corrected chi connectivity index (χ0v) is 8.39. The van der Waals surface area contributed by atoms with Crippen LogP contribution in [0.4, 0.5) is 27.6 Å². The van der Waals surface area contributed by atoms with Crippen LogP contribution in [0.15, 0.2) is 6.07 Å². The second kappa shape index (κ2) is 4.40. The van der Waals surface area contributed by atoms with Gasteiger partial charge in [0.1, 0.15) is 10.7 Å². The Morgan fingerprint density at radius 2 is 1.94 bits per heavy atom. The molecule has 0 radical (unpaired) electrons. The molecule has 0 amide bonds. The molecule has 0 unspecified atom stereocenters. The van der Waals surface area contributed by atoms with Gasteiger partial charge in [-0.1, -0.05) is 11.6 Å². The summed E-state index contributed by atoms with van der Waals surface area (Å²) in [5.41, 5.74) is -5.24. The molecule has 0 aliphatic rings. The lowest BCUT2D eigenvalue weighted by Gasteiger charge is -2.11. The Labute approximate surface area is 95.2 Å². The third-order valence-electron chi connectivity index (χ3n) is 1.69. The fourth-order valence-corrected chi connectivity index (χ4v) is 1.28. The quantitative estimate of drug-likeness (QED) is 0.359. The predicted octanol–water partition coefficient (Wildman–Crippen LogP) is 3.60. The van der Waals surface area contributed by atoms with E-state index >= 15 is 0 Å². The van der Waals surface area contributed by atoms with Crippen molar-refractivity contribution in [1.82, 2.24) is 4.98 Å². The average Bonchev–Trinajstić information content (AvgIpc) is 2.14. The first-order chi connectivity index (χ1) is 7.64. The largest absolute Gasteiger partial charge is 0.434 e. The minimum atomic E-state index is -5.25. The van der Waals surface area contributed by atoms with Crippen molar-refractivity contribution in [3.8, 4) is 0 Å². The van der Waals surface area contributed by atoms with Crippen molar-refractivity contribution < 1.29 is 26.9 Å². The summed E-state index contributed by atoms with van der Waals surface area (Å²) < 4.78 is 61.9. The molecule has 17 heavy (non-hydrogen) atoms. The molecule has 4 nitrogen and oxygen atoms in total. The van der Waals surface area contributed by atoms with Gasteiger partial charge in [-0.2, -0.15) is 13.2 Å². The Bertz CT molecular complexity index is 462. The lowest BCUT2D eigenvalue weighted by atomic mass is 10.1. The molecule has 0 aliphatic carbocycles. The summed E-state index contributed by atoms with van der Waals surface area (Å²) in [5, 5.41) is 9.49. The number of hydrogen-bond donors (Lipinski definition) is 0. The van der Waals surface area contributed by atoms with Gasteiger partial charge >= 0.3 is 6.18 Å². The minimum absolute atomic E-state index is 0.346. The Kier molecular flexibility index (Phi) is 3.51. The molecule has 10 heteroatoms. The molecule has 0 fully saturated rings. The lowest BCUT2D eigenvalue weighted by molar-refractivity contribution is -0.386. The van der Waals surface area contributed by atoms with Crippen molar-refractivity contribution in [1.29, 1.82) is 0 Å². The van der Waals surface area contributed by atoms with Gasteiger partial charge in [0.2, 0.25) is 0 Å². The second-order valence-corrected chi connectivity index (χ2v) is 3.17. The smallest absolute Gasteiger partial charge is 0.258 e. The van der Waals surface area contributed by atoms with E-state index in [9.17, 15) is 32.1 Å². The number of halogens is 6. The van der Waals surface area contributed by atoms with E-state index in [1.165, 1.54) is 0 Å². The number of alkyl halides is 5. The van der Waals surface area contributed by atoms with Gasteiger partial charge in [-0.15, -0.1) is 0 Å². The molecule has 1 heterocycles. The van der Waals surface area contributed by atoms with Crippen molar-refractivity contribution in [3.05, 3.63) is 32.6 Å². The summed E-state index contributed by atoms with van der Waals surface area (Å²) in [7, 11) is 0. The van der Waals surface area contributed by atoms with E-state index in [0.29, 0.717) is 6.07 Å². The summed E-state index contributed by atoms with van der Waals surface area (Å²) in [4.78, 5) is 11.7. The number of aromatic nitrogens is 1. The molecule has 1 rings (SSSR count). The standard InChI is InChI=1S/C7H2ClF5N2O2/c8-3-1-2(15(16)17)4(6(9)10)5(14-3)7(11,12)13/h1,6H. The summed E-state index contributed by atoms with van der Waals surface area (Å²) in [6.07, 6.45) is -8.93. The molecular weight excluding hydrogens is 275 g/mol. The van der Waals surface area contributed by atoms with Crippen molar-refractivity contribution >= 4 is 17.3 Å². The van der Waals surface area contributed by atoms with Crippen LogP contribution in [-0.2, 0) is 6.18 Å². The maximum Gasteiger partial charge on any atom is 0.434 e. The van der Waals surface area contributed by atoms with Gasteiger partial charge in [0.25, 0.3) is 12.1 Å².